The molecular weight excluding hydrogens is 152 g/mol. The summed E-state index contributed by atoms with van der Waals surface area (Å²) in [5, 5.41) is 0. The second-order valence-electron chi connectivity index (χ2n) is 3.72. The zero-order valence-corrected chi connectivity index (χ0v) is 8.05. The summed E-state index contributed by atoms with van der Waals surface area (Å²) in [5.74, 6) is -0.361. The summed E-state index contributed by atoms with van der Waals surface area (Å²) in [7, 11) is 0. The monoisotopic (exact) mass is 170 g/mol. The summed E-state index contributed by atoms with van der Waals surface area (Å²) in [6.45, 7) is 6.41. The molecule has 0 heterocycles. The number of nitrogens with two attached hydrogens (primary N) is 2. The van der Waals surface area contributed by atoms with Crippen molar-refractivity contribution in [3.63, 3.8) is 0 Å². The minimum absolute atomic E-state index is 0.0339. The predicted octanol–water partition coefficient (Wildman–Crippen LogP) is 0.793. The first-order valence-electron chi connectivity index (χ1n) is 4.08. The maximum atomic E-state index is 10.7. The molecule has 12 heavy (non-hydrogen) atoms. The molecule has 0 atom stereocenters. The maximum Gasteiger partial charge on any atom is 0.244 e. The van der Waals surface area contributed by atoms with E-state index in [9.17, 15) is 4.79 Å². The molecule has 0 spiro atoms. The molecule has 4 N–H and O–H groups in total. The molecule has 0 bridgehead atoms. The number of allylic oxidation sites excluding steroid dienone is 1. The molecule has 0 aromatic rings. The van der Waals surface area contributed by atoms with Crippen molar-refractivity contribution in [3.8, 4) is 0 Å². The van der Waals surface area contributed by atoms with Crippen molar-refractivity contribution >= 4 is 5.91 Å². The fourth-order valence-electron chi connectivity index (χ4n) is 1.10. The van der Waals surface area contributed by atoms with Gasteiger partial charge in [-0.05, 0) is 25.3 Å². The van der Waals surface area contributed by atoms with Crippen LogP contribution in [0, 0.1) is 5.41 Å². The van der Waals surface area contributed by atoms with E-state index < -0.39 is 0 Å². The number of carbonyl (C=O) groups is 1. The molecule has 0 radical (unpaired) electrons. The summed E-state index contributed by atoms with van der Waals surface area (Å²) < 4.78 is 0. The molecule has 0 fully saturated rings. The standard InChI is InChI=1S/C9H18N2O/c1-7(8(11)12)6-9(2,3)4-5-10/h6H,4-5,10H2,1-3H3,(H2,11,12). The highest BCUT2D eigenvalue weighted by Crippen LogP contribution is 2.22. The van der Waals surface area contributed by atoms with Gasteiger partial charge in [0.05, 0.1) is 0 Å². The number of carbonyl (C=O) groups excluding carboxylic acids is 1. The van der Waals surface area contributed by atoms with Gasteiger partial charge < -0.3 is 11.5 Å². The van der Waals surface area contributed by atoms with Gasteiger partial charge in [-0.15, -0.1) is 0 Å². The highest BCUT2D eigenvalue weighted by atomic mass is 16.1. The number of amides is 1. The van der Waals surface area contributed by atoms with Crippen LogP contribution in [0.4, 0.5) is 0 Å². The summed E-state index contributed by atoms with van der Waals surface area (Å²) in [4.78, 5) is 10.7. The van der Waals surface area contributed by atoms with Crippen LogP contribution in [-0.4, -0.2) is 12.5 Å². The molecule has 0 saturated heterocycles. The molecule has 0 aliphatic heterocycles. The lowest BCUT2D eigenvalue weighted by Crippen LogP contribution is -2.18. The molecule has 0 aliphatic carbocycles. The van der Waals surface area contributed by atoms with Crippen LogP contribution in [0.5, 0.6) is 0 Å². The Balaban J connectivity index is 4.38. The second kappa shape index (κ2) is 4.26. The Kier molecular flexibility index (Phi) is 3.96. The van der Waals surface area contributed by atoms with Crippen molar-refractivity contribution in [1.29, 1.82) is 0 Å². The molecule has 0 rings (SSSR count). The highest BCUT2D eigenvalue weighted by Gasteiger charge is 2.14. The fraction of sp³-hybridized carbons (Fsp3) is 0.667. The molecule has 0 aliphatic rings. The van der Waals surface area contributed by atoms with Gasteiger partial charge in [-0.2, -0.15) is 0 Å². The third kappa shape index (κ3) is 4.13. The van der Waals surface area contributed by atoms with E-state index >= 15 is 0 Å². The zero-order chi connectivity index (χ0) is 9.78. The van der Waals surface area contributed by atoms with Crippen LogP contribution in [-0.2, 0) is 4.79 Å². The van der Waals surface area contributed by atoms with Gasteiger partial charge in [-0.3, -0.25) is 4.79 Å². The smallest absolute Gasteiger partial charge is 0.244 e. The van der Waals surface area contributed by atoms with Crippen molar-refractivity contribution < 1.29 is 4.79 Å². The molecule has 0 saturated carbocycles. The Labute approximate surface area is 73.8 Å². The third-order valence-electron chi connectivity index (χ3n) is 1.78. The van der Waals surface area contributed by atoms with Gasteiger partial charge in [0.25, 0.3) is 0 Å². The van der Waals surface area contributed by atoms with E-state index in [4.69, 9.17) is 11.5 Å². The van der Waals surface area contributed by atoms with Crippen LogP contribution in [0.1, 0.15) is 27.2 Å². The lowest BCUT2D eigenvalue weighted by Gasteiger charge is -2.19. The van der Waals surface area contributed by atoms with Crippen LogP contribution in [0.3, 0.4) is 0 Å². The van der Waals surface area contributed by atoms with Crippen LogP contribution < -0.4 is 11.5 Å². The van der Waals surface area contributed by atoms with Gasteiger partial charge in [-0.1, -0.05) is 19.9 Å². The fourth-order valence-corrected chi connectivity index (χ4v) is 1.10. The minimum atomic E-state index is -0.361. The van der Waals surface area contributed by atoms with Crippen molar-refractivity contribution in [2.45, 2.75) is 27.2 Å². The molecular formula is C9H18N2O. The van der Waals surface area contributed by atoms with E-state index in [0.717, 1.165) is 6.42 Å². The van der Waals surface area contributed by atoms with E-state index in [2.05, 4.69) is 0 Å². The normalized spacial score (nSPS) is 13.2. The number of primary amides is 1. The summed E-state index contributed by atoms with van der Waals surface area (Å²) in [6.07, 6.45) is 2.74. The first-order chi connectivity index (χ1) is 5.39. The second-order valence-corrected chi connectivity index (χ2v) is 3.72. The van der Waals surface area contributed by atoms with Gasteiger partial charge in [-0.25, -0.2) is 0 Å². The van der Waals surface area contributed by atoms with E-state index in [1.165, 1.54) is 0 Å². The predicted molar refractivity (Wildman–Crippen MR) is 50.4 cm³/mol. The van der Waals surface area contributed by atoms with Gasteiger partial charge >= 0.3 is 0 Å². The molecule has 0 aromatic heterocycles. The topological polar surface area (TPSA) is 69.1 Å². The van der Waals surface area contributed by atoms with Crippen LogP contribution in [0.25, 0.3) is 0 Å². The van der Waals surface area contributed by atoms with Crippen molar-refractivity contribution in [2.75, 3.05) is 6.54 Å². The summed E-state index contributed by atoms with van der Waals surface area (Å²) in [5.41, 5.74) is 11.1. The molecule has 0 aromatic carbocycles. The first kappa shape index (κ1) is 11.2. The van der Waals surface area contributed by atoms with Crippen LogP contribution >= 0.6 is 0 Å². The Hall–Kier alpha value is -0.830. The number of hydrogen-bond acceptors (Lipinski definition) is 2. The average Bonchev–Trinajstić information content (AvgIpc) is 1.85. The third-order valence-corrected chi connectivity index (χ3v) is 1.78. The van der Waals surface area contributed by atoms with Crippen molar-refractivity contribution in [1.82, 2.24) is 0 Å². The van der Waals surface area contributed by atoms with E-state index in [1.54, 1.807) is 6.92 Å². The van der Waals surface area contributed by atoms with E-state index in [-0.39, 0.29) is 11.3 Å². The Bertz CT molecular complexity index is 195. The van der Waals surface area contributed by atoms with Gasteiger partial charge in [0.2, 0.25) is 5.91 Å². The van der Waals surface area contributed by atoms with Gasteiger partial charge in [0.1, 0.15) is 0 Å². The minimum Gasteiger partial charge on any atom is -0.366 e. The summed E-state index contributed by atoms with van der Waals surface area (Å²) >= 11 is 0. The number of rotatable bonds is 4. The van der Waals surface area contributed by atoms with E-state index in [1.807, 2.05) is 19.9 Å². The summed E-state index contributed by atoms with van der Waals surface area (Å²) in [6, 6.07) is 0. The SMILES string of the molecule is CC(=CC(C)(C)CCN)C(N)=O. The lowest BCUT2D eigenvalue weighted by atomic mass is 9.87. The molecule has 70 valence electrons. The van der Waals surface area contributed by atoms with Gasteiger partial charge in [0.15, 0.2) is 0 Å². The quantitative estimate of drug-likeness (QED) is 0.612. The molecule has 3 heteroatoms. The average molecular weight is 170 g/mol. The Morgan fingerprint density at radius 2 is 2.00 bits per heavy atom. The molecule has 0 unspecified atom stereocenters. The van der Waals surface area contributed by atoms with Crippen molar-refractivity contribution in [2.24, 2.45) is 16.9 Å². The van der Waals surface area contributed by atoms with Crippen LogP contribution in [0.15, 0.2) is 11.6 Å². The van der Waals surface area contributed by atoms with E-state index in [0.29, 0.717) is 12.1 Å². The van der Waals surface area contributed by atoms with Crippen LogP contribution in [0.2, 0.25) is 0 Å². The zero-order valence-electron chi connectivity index (χ0n) is 8.05. The lowest BCUT2D eigenvalue weighted by molar-refractivity contribution is -0.114. The van der Waals surface area contributed by atoms with Crippen molar-refractivity contribution in [3.05, 3.63) is 11.6 Å². The maximum absolute atomic E-state index is 10.7. The Morgan fingerprint density at radius 1 is 1.50 bits per heavy atom. The largest absolute Gasteiger partial charge is 0.366 e. The molecule has 3 nitrogen and oxygen atoms in total. The van der Waals surface area contributed by atoms with Gasteiger partial charge in [0, 0.05) is 5.57 Å². The molecule has 1 amide bonds. The highest BCUT2D eigenvalue weighted by molar-refractivity contribution is 5.91. The first-order valence-corrected chi connectivity index (χ1v) is 4.08. The number of hydrogen-bond donors (Lipinski definition) is 2. The Morgan fingerprint density at radius 3 is 2.33 bits per heavy atom.